The topological polar surface area (TPSA) is 33.1 Å². The Morgan fingerprint density at radius 2 is 1.88 bits per heavy atom. The summed E-state index contributed by atoms with van der Waals surface area (Å²) in [5.74, 6) is -0.246. The lowest BCUT2D eigenvalue weighted by atomic mass is 10.0. The first kappa shape index (κ1) is 15.8. The van der Waals surface area contributed by atoms with Crippen LogP contribution < -0.4 is 5.32 Å². The maximum atomic E-state index is 13.3. The summed E-state index contributed by atoms with van der Waals surface area (Å²) in [6, 6.07) is 16.3. The van der Waals surface area contributed by atoms with Gasteiger partial charge in [0.15, 0.2) is 5.11 Å². The second kappa shape index (κ2) is 6.29. The summed E-state index contributed by atoms with van der Waals surface area (Å²) in [6.07, 6.45) is 3.77. The normalized spacial score (nSPS) is 19.9. The molecule has 1 saturated heterocycles. The third kappa shape index (κ3) is 2.78. The van der Waals surface area contributed by atoms with Crippen LogP contribution in [0.1, 0.15) is 23.5 Å². The summed E-state index contributed by atoms with van der Waals surface area (Å²) in [5, 5.41) is 4.06. The maximum absolute atomic E-state index is 13.3. The van der Waals surface area contributed by atoms with Gasteiger partial charge >= 0.3 is 0 Å². The van der Waals surface area contributed by atoms with Crippen molar-refractivity contribution < 1.29 is 4.39 Å². The summed E-state index contributed by atoms with van der Waals surface area (Å²) in [4.78, 5) is 6.54. The molecule has 0 saturated carbocycles. The fourth-order valence-corrected chi connectivity index (χ4v) is 3.54. The van der Waals surface area contributed by atoms with Gasteiger partial charge in [0.2, 0.25) is 0 Å². The molecule has 6 heteroatoms. The highest BCUT2D eigenvalue weighted by atomic mass is 32.1. The Bertz CT molecular complexity index is 891. The van der Waals surface area contributed by atoms with Crippen molar-refractivity contribution in [2.75, 3.05) is 7.05 Å². The number of aromatic nitrogens is 2. The molecule has 0 spiro atoms. The van der Waals surface area contributed by atoms with Gasteiger partial charge in [-0.3, -0.25) is 4.98 Å². The van der Waals surface area contributed by atoms with Crippen molar-refractivity contribution in [3.8, 4) is 5.69 Å². The third-order valence-electron chi connectivity index (χ3n) is 4.53. The van der Waals surface area contributed by atoms with Crippen LogP contribution >= 0.6 is 12.2 Å². The predicted octanol–water partition coefficient (Wildman–Crippen LogP) is 3.61. The molecule has 3 heterocycles. The molecule has 4 nitrogen and oxygen atoms in total. The van der Waals surface area contributed by atoms with Crippen LogP contribution in [0.2, 0.25) is 0 Å². The van der Waals surface area contributed by atoms with E-state index in [0.717, 1.165) is 17.1 Å². The molecular weight excluding hydrogens is 335 g/mol. The van der Waals surface area contributed by atoms with Crippen LogP contribution in [0.25, 0.3) is 5.69 Å². The van der Waals surface area contributed by atoms with Gasteiger partial charge in [-0.2, -0.15) is 0 Å². The maximum Gasteiger partial charge on any atom is 0.169 e. The summed E-state index contributed by atoms with van der Waals surface area (Å²) < 4.78 is 15.3. The van der Waals surface area contributed by atoms with E-state index < -0.39 is 0 Å². The average Bonchev–Trinajstić information content (AvgIpc) is 3.22. The molecular formula is C19H17FN4S. The number of benzene rings is 1. The van der Waals surface area contributed by atoms with E-state index in [1.807, 2.05) is 42.4 Å². The number of thiocarbonyl (C=S) groups is 1. The predicted molar refractivity (Wildman–Crippen MR) is 98.9 cm³/mol. The number of pyridine rings is 1. The molecule has 1 aliphatic rings. The van der Waals surface area contributed by atoms with Gasteiger partial charge < -0.3 is 14.8 Å². The Labute approximate surface area is 150 Å². The van der Waals surface area contributed by atoms with E-state index in [0.29, 0.717) is 5.11 Å². The van der Waals surface area contributed by atoms with Crippen LogP contribution in [0.3, 0.4) is 0 Å². The lowest BCUT2D eigenvalue weighted by molar-refractivity contribution is 0.357. The molecule has 1 aliphatic heterocycles. The van der Waals surface area contributed by atoms with Gasteiger partial charge in [0.05, 0.1) is 17.8 Å². The summed E-state index contributed by atoms with van der Waals surface area (Å²) in [5.41, 5.74) is 2.91. The molecule has 0 amide bonds. The van der Waals surface area contributed by atoms with E-state index >= 15 is 0 Å². The highest BCUT2D eigenvalue weighted by molar-refractivity contribution is 7.80. The summed E-state index contributed by atoms with van der Waals surface area (Å²) in [6.45, 7) is 0. The SMILES string of the molecule is CN1C(=S)N[C@@H](c2ccccn2)[C@H]1c1cccn1-c1ccc(F)cc1. The van der Waals surface area contributed by atoms with Crippen molar-refractivity contribution in [1.82, 2.24) is 19.8 Å². The van der Waals surface area contributed by atoms with E-state index in [-0.39, 0.29) is 17.9 Å². The zero-order valence-corrected chi connectivity index (χ0v) is 14.4. The van der Waals surface area contributed by atoms with Crippen molar-refractivity contribution >= 4 is 17.3 Å². The molecule has 0 unspecified atom stereocenters. The molecule has 126 valence electrons. The molecule has 3 aromatic rings. The zero-order valence-electron chi connectivity index (χ0n) is 13.6. The first-order valence-electron chi connectivity index (χ1n) is 8.02. The minimum absolute atomic E-state index is 0.0116. The van der Waals surface area contributed by atoms with Crippen LogP contribution in [0.15, 0.2) is 67.0 Å². The van der Waals surface area contributed by atoms with Gasteiger partial charge in [-0.15, -0.1) is 0 Å². The molecule has 0 aliphatic carbocycles. The van der Waals surface area contributed by atoms with Crippen LogP contribution in [0, 0.1) is 5.82 Å². The summed E-state index contributed by atoms with van der Waals surface area (Å²) in [7, 11) is 1.98. The number of hydrogen-bond donors (Lipinski definition) is 1. The van der Waals surface area contributed by atoms with E-state index in [9.17, 15) is 4.39 Å². The first-order valence-corrected chi connectivity index (χ1v) is 8.43. The van der Waals surface area contributed by atoms with E-state index in [4.69, 9.17) is 12.2 Å². The largest absolute Gasteiger partial charge is 0.352 e. The van der Waals surface area contributed by atoms with Gasteiger partial charge in [0.25, 0.3) is 0 Å². The van der Waals surface area contributed by atoms with Gasteiger partial charge in [0.1, 0.15) is 5.82 Å². The molecule has 1 N–H and O–H groups in total. The van der Waals surface area contributed by atoms with Crippen molar-refractivity contribution in [2.24, 2.45) is 0 Å². The van der Waals surface area contributed by atoms with Crippen LogP contribution in [-0.2, 0) is 0 Å². The number of hydrogen-bond acceptors (Lipinski definition) is 2. The molecule has 2 atom stereocenters. The number of nitrogens with one attached hydrogen (secondary N) is 1. The average molecular weight is 352 g/mol. The van der Waals surface area contributed by atoms with E-state index in [1.54, 1.807) is 18.3 Å². The lowest BCUT2D eigenvalue weighted by Crippen LogP contribution is -2.25. The van der Waals surface area contributed by atoms with Crippen molar-refractivity contribution in [2.45, 2.75) is 12.1 Å². The second-order valence-electron chi connectivity index (χ2n) is 6.02. The Morgan fingerprint density at radius 1 is 1.08 bits per heavy atom. The van der Waals surface area contributed by atoms with Gasteiger partial charge in [-0.1, -0.05) is 6.07 Å². The lowest BCUT2D eigenvalue weighted by Gasteiger charge is -2.25. The molecule has 1 fully saturated rings. The highest BCUT2D eigenvalue weighted by Gasteiger charge is 2.39. The summed E-state index contributed by atoms with van der Waals surface area (Å²) >= 11 is 5.48. The first-order chi connectivity index (χ1) is 12.1. The minimum Gasteiger partial charge on any atom is -0.352 e. The second-order valence-corrected chi connectivity index (χ2v) is 6.40. The zero-order chi connectivity index (χ0) is 17.4. The van der Waals surface area contributed by atoms with Crippen molar-refractivity contribution in [3.05, 3.63) is 84.2 Å². The minimum atomic E-state index is -0.246. The number of halogens is 1. The van der Waals surface area contributed by atoms with Gasteiger partial charge in [-0.25, -0.2) is 4.39 Å². The number of rotatable bonds is 3. The Balaban J connectivity index is 1.78. The van der Waals surface area contributed by atoms with Gasteiger partial charge in [0, 0.05) is 30.8 Å². The Morgan fingerprint density at radius 3 is 2.60 bits per heavy atom. The number of nitrogens with zero attached hydrogens (tertiary/aromatic N) is 3. The fourth-order valence-electron chi connectivity index (χ4n) is 3.30. The third-order valence-corrected chi connectivity index (χ3v) is 4.93. The van der Waals surface area contributed by atoms with Crippen LogP contribution in [0.4, 0.5) is 4.39 Å². The highest BCUT2D eigenvalue weighted by Crippen LogP contribution is 2.38. The van der Waals surface area contributed by atoms with Gasteiger partial charge in [-0.05, 0) is 60.7 Å². The molecule has 4 rings (SSSR count). The fraction of sp³-hybridized carbons (Fsp3) is 0.158. The van der Waals surface area contributed by atoms with Crippen molar-refractivity contribution in [3.63, 3.8) is 0 Å². The molecule has 0 radical (unpaired) electrons. The Hall–Kier alpha value is -2.73. The Kier molecular flexibility index (Phi) is 3.97. The molecule has 1 aromatic carbocycles. The molecule has 2 aromatic heterocycles. The standard InChI is InChI=1S/C19H17FN4S/c1-23-18(17(22-19(23)25)15-5-2-3-11-21-15)16-6-4-12-24(16)14-9-7-13(20)8-10-14/h2-12,17-18H,1H3,(H,22,25)/t17-,18+/m0/s1. The monoisotopic (exact) mass is 352 g/mol. The smallest absolute Gasteiger partial charge is 0.169 e. The van der Waals surface area contributed by atoms with Crippen molar-refractivity contribution in [1.29, 1.82) is 0 Å². The molecule has 25 heavy (non-hydrogen) atoms. The quantitative estimate of drug-likeness (QED) is 0.730. The number of likely N-dealkylation sites (N-methyl/N-ethyl adjacent to an activating group) is 1. The van der Waals surface area contributed by atoms with Crippen LogP contribution in [-0.4, -0.2) is 26.6 Å². The van der Waals surface area contributed by atoms with E-state index in [1.165, 1.54) is 12.1 Å². The molecule has 0 bridgehead atoms. The van der Waals surface area contributed by atoms with Crippen LogP contribution in [0.5, 0.6) is 0 Å². The van der Waals surface area contributed by atoms with E-state index in [2.05, 4.69) is 20.9 Å².